The largest absolute Gasteiger partial charge is 0.493 e. The van der Waals surface area contributed by atoms with Gasteiger partial charge in [0.15, 0.2) is 11.5 Å². The van der Waals surface area contributed by atoms with Crippen LogP contribution in [0.4, 0.5) is 0 Å². The lowest BCUT2D eigenvalue weighted by Crippen LogP contribution is -2.31. The van der Waals surface area contributed by atoms with Gasteiger partial charge in [-0.2, -0.15) is 0 Å². The van der Waals surface area contributed by atoms with Crippen LogP contribution in [0.1, 0.15) is 12.0 Å². The summed E-state index contributed by atoms with van der Waals surface area (Å²) >= 11 is 0. The smallest absolute Gasteiger partial charge is 0.323 e. The summed E-state index contributed by atoms with van der Waals surface area (Å²) in [5.74, 6) is 1.12. The average molecular weight is 291 g/mol. The van der Waals surface area contributed by atoms with E-state index in [1.54, 1.807) is 7.11 Å². The number of methoxy groups -OCH3 is 2. The molecule has 1 N–H and O–H groups in total. The molecule has 1 aliphatic heterocycles. The van der Waals surface area contributed by atoms with E-state index in [9.17, 15) is 4.79 Å². The van der Waals surface area contributed by atoms with Crippen molar-refractivity contribution in [2.24, 2.45) is 0 Å². The zero-order valence-corrected chi connectivity index (χ0v) is 12.4. The van der Waals surface area contributed by atoms with Crippen molar-refractivity contribution in [1.82, 2.24) is 5.32 Å². The van der Waals surface area contributed by atoms with Gasteiger partial charge in [0.25, 0.3) is 0 Å². The van der Waals surface area contributed by atoms with Crippen LogP contribution in [0.5, 0.6) is 11.5 Å². The standard InChI is InChI=1S/C16H21NO4/c1-4-5-11-6-7-14(15(8-11)19-2)21-12-9-13(17-10-12)16(18)20-3/h4,6-8,12-13,17H,1,5,9-10H2,2-3H3/t12-,13-/m0/s1. The van der Waals surface area contributed by atoms with Crippen molar-refractivity contribution in [2.45, 2.75) is 25.0 Å². The Morgan fingerprint density at radius 3 is 2.90 bits per heavy atom. The number of allylic oxidation sites excluding steroid dienone is 1. The van der Waals surface area contributed by atoms with Gasteiger partial charge in [-0.05, 0) is 24.1 Å². The topological polar surface area (TPSA) is 56.8 Å². The van der Waals surface area contributed by atoms with Crippen molar-refractivity contribution < 1.29 is 19.0 Å². The monoisotopic (exact) mass is 291 g/mol. The molecule has 0 radical (unpaired) electrons. The van der Waals surface area contributed by atoms with Gasteiger partial charge in [-0.1, -0.05) is 12.1 Å². The van der Waals surface area contributed by atoms with E-state index in [1.165, 1.54) is 7.11 Å². The van der Waals surface area contributed by atoms with Crippen LogP contribution in [0.25, 0.3) is 0 Å². The normalized spacial score (nSPS) is 20.9. The van der Waals surface area contributed by atoms with Crippen molar-refractivity contribution in [2.75, 3.05) is 20.8 Å². The lowest BCUT2D eigenvalue weighted by atomic mass is 10.1. The van der Waals surface area contributed by atoms with Gasteiger partial charge in [0.1, 0.15) is 12.1 Å². The molecule has 0 spiro atoms. The summed E-state index contributed by atoms with van der Waals surface area (Å²) in [7, 11) is 3.00. The SMILES string of the molecule is C=CCc1ccc(O[C@@H]2CN[C@H](C(=O)OC)C2)c(OC)c1. The lowest BCUT2D eigenvalue weighted by Gasteiger charge is -2.16. The van der Waals surface area contributed by atoms with Crippen molar-refractivity contribution >= 4 is 5.97 Å². The molecule has 21 heavy (non-hydrogen) atoms. The second-order valence-electron chi connectivity index (χ2n) is 4.94. The minimum atomic E-state index is -0.300. The predicted octanol–water partition coefficient (Wildman–Crippen LogP) is 1.71. The molecule has 1 heterocycles. The highest BCUT2D eigenvalue weighted by molar-refractivity contribution is 5.76. The number of rotatable bonds is 6. The third-order valence-corrected chi connectivity index (χ3v) is 3.48. The predicted molar refractivity (Wildman–Crippen MR) is 79.7 cm³/mol. The van der Waals surface area contributed by atoms with E-state index in [4.69, 9.17) is 14.2 Å². The maximum absolute atomic E-state index is 11.5. The van der Waals surface area contributed by atoms with E-state index < -0.39 is 0 Å². The van der Waals surface area contributed by atoms with Gasteiger partial charge in [-0.3, -0.25) is 4.79 Å². The summed E-state index contributed by atoms with van der Waals surface area (Å²) in [4.78, 5) is 11.5. The Labute approximate surface area is 124 Å². The molecule has 5 heteroatoms. The fourth-order valence-electron chi connectivity index (χ4n) is 2.40. The number of nitrogens with one attached hydrogen (secondary N) is 1. The van der Waals surface area contributed by atoms with E-state index in [0.29, 0.717) is 24.5 Å². The van der Waals surface area contributed by atoms with Gasteiger partial charge in [0, 0.05) is 13.0 Å². The summed E-state index contributed by atoms with van der Waals surface area (Å²) in [6.07, 6.45) is 3.14. The van der Waals surface area contributed by atoms with Crippen molar-refractivity contribution in [3.63, 3.8) is 0 Å². The summed E-state index contributed by atoms with van der Waals surface area (Å²) in [5, 5.41) is 3.09. The number of benzene rings is 1. The molecule has 114 valence electrons. The third-order valence-electron chi connectivity index (χ3n) is 3.48. The van der Waals surface area contributed by atoms with E-state index >= 15 is 0 Å². The molecule has 1 saturated heterocycles. The van der Waals surface area contributed by atoms with Crippen LogP contribution in [0.3, 0.4) is 0 Å². The summed E-state index contributed by atoms with van der Waals surface area (Å²) in [5.41, 5.74) is 1.12. The number of carbonyl (C=O) groups excluding carboxylic acids is 1. The zero-order chi connectivity index (χ0) is 15.2. The second-order valence-corrected chi connectivity index (χ2v) is 4.94. The molecular formula is C16H21NO4. The van der Waals surface area contributed by atoms with Gasteiger partial charge in [-0.15, -0.1) is 6.58 Å². The molecular weight excluding hydrogens is 270 g/mol. The fraction of sp³-hybridized carbons (Fsp3) is 0.438. The third kappa shape index (κ3) is 3.76. The minimum Gasteiger partial charge on any atom is -0.493 e. The summed E-state index contributed by atoms with van der Waals surface area (Å²) in [6.45, 7) is 4.33. The first kappa shape index (κ1) is 15.4. The van der Waals surface area contributed by atoms with Gasteiger partial charge in [0.2, 0.25) is 0 Å². The molecule has 1 aliphatic rings. The van der Waals surface area contributed by atoms with Crippen LogP contribution in [0.2, 0.25) is 0 Å². The van der Waals surface area contributed by atoms with E-state index in [2.05, 4.69) is 11.9 Å². The highest BCUT2D eigenvalue weighted by Crippen LogP contribution is 2.30. The first-order chi connectivity index (χ1) is 10.2. The van der Waals surface area contributed by atoms with E-state index in [1.807, 2.05) is 24.3 Å². The lowest BCUT2D eigenvalue weighted by molar-refractivity contribution is -0.142. The van der Waals surface area contributed by atoms with Crippen molar-refractivity contribution in [1.29, 1.82) is 0 Å². The molecule has 2 atom stereocenters. The summed E-state index contributed by atoms with van der Waals surface area (Å²) in [6, 6.07) is 5.52. The first-order valence-electron chi connectivity index (χ1n) is 6.93. The number of esters is 1. The fourth-order valence-corrected chi connectivity index (χ4v) is 2.40. The first-order valence-corrected chi connectivity index (χ1v) is 6.93. The minimum absolute atomic E-state index is 0.0757. The van der Waals surface area contributed by atoms with Crippen LogP contribution >= 0.6 is 0 Å². The summed E-state index contributed by atoms with van der Waals surface area (Å²) < 4.78 is 16.0. The Hall–Kier alpha value is -2.01. The number of carbonyl (C=O) groups is 1. The van der Waals surface area contributed by atoms with Gasteiger partial charge >= 0.3 is 5.97 Å². The van der Waals surface area contributed by atoms with Crippen molar-refractivity contribution in [3.05, 3.63) is 36.4 Å². The van der Waals surface area contributed by atoms with E-state index in [-0.39, 0.29) is 18.1 Å². The number of ether oxygens (including phenoxy) is 3. The maximum atomic E-state index is 11.5. The Morgan fingerprint density at radius 1 is 1.43 bits per heavy atom. The molecule has 0 saturated carbocycles. The molecule has 5 nitrogen and oxygen atoms in total. The number of hydrogen-bond donors (Lipinski definition) is 1. The highest BCUT2D eigenvalue weighted by Gasteiger charge is 2.31. The second kappa shape index (κ2) is 7.13. The quantitative estimate of drug-likeness (QED) is 0.638. The molecule has 0 amide bonds. The Kier molecular flexibility index (Phi) is 5.22. The molecule has 1 aromatic rings. The molecule has 0 unspecified atom stereocenters. The number of hydrogen-bond acceptors (Lipinski definition) is 5. The van der Waals surface area contributed by atoms with Gasteiger partial charge in [-0.25, -0.2) is 0 Å². The van der Waals surface area contributed by atoms with Crippen LogP contribution < -0.4 is 14.8 Å². The Bertz CT molecular complexity index is 515. The van der Waals surface area contributed by atoms with Gasteiger partial charge < -0.3 is 19.5 Å². The maximum Gasteiger partial charge on any atom is 0.323 e. The Morgan fingerprint density at radius 2 is 2.24 bits per heavy atom. The molecule has 1 fully saturated rings. The Balaban J connectivity index is 2.03. The molecule has 0 aliphatic carbocycles. The molecule has 2 rings (SSSR count). The van der Waals surface area contributed by atoms with Crippen LogP contribution in [-0.4, -0.2) is 38.9 Å². The van der Waals surface area contributed by atoms with Crippen LogP contribution in [-0.2, 0) is 16.0 Å². The average Bonchev–Trinajstić information content (AvgIpc) is 2.96. The molecule has 0 aromatic heterocycles. The van der Waals surface area contributed by atoms with Crippen molar-refractivity contribution in [3.8, 4) is 11.5 Å². The molecule has 0 bridgehead atoms. The molecule has 1 aromatic carbocycles. The van der Waals surface area contributed by atoms with E-state index in [0.717, 1.165) is 12.0 Å². The van der Waals surface area contributed by atoms with Crippen LogP contribution in [0, 0.1) is 0 Å². The van der Waals surface area contributed by atoms with Crippen LogP contribution in [0.15, 0.2) is 30.9 Å². The zero-order valence-electron chi connectivity index (χ0n) is 12.4. The van der Waals surface area contributed by atoms with Gasteiger partial charge in [0.05, 0.1) is 14.2 Å². The highest BCUT2D eigenvalue weighted by atomic mass is 16.5.